The Morgan fingerprint density at radius 2 is 2.06 bits per heavy atom. The van der Waals surface area contributed by atoms with Gasteiger partial charge in [0.05, 0.1) is 12.5 Å². The van der Waals surface area contributed by atoms with E-state index in [0.717, 1.165) is 5.57 Å². The van der Waals surface area contributed by atoms with Crippen LogP contribution in [0.4, 0.5) is 0 Å². The van der Waals surface area contributed by atoms with Crippen LogP contribution in [0.15, 0.2) is 24.3 Å². The first-order valence-corrected chi connectivity index (χ1v) is 5.55. The quantitative estimate of drug-likeness (QED) is 0.671. The van der Waals surface area contributed by atoms with Gasteiger partial charge in [-0.3, -0.25) is 4.79 Å². The van der Waals surface area contributed by atoms with Crippen molar-refractivity contribution in [3.05, 3.63) is 24.3 Å². The summed E-state index contributed by atoms with van der Waals surface area (Å²) in [6.07, 6.45) is 4.01. The Balaban J connectivity index is 0. The molecule has 0 aliphatic heterocycles. The van der Waals surface area contributed by atoms with Crippen molar-refractivity contribution in [1.82, 2.24) is 4.90 Å². The lowest BCUT2D eigenvalue weighted by atomic mass is 10.2. The minimum absolute atomic E-state index is 0.0125. The van der Waals surface area contributed by atoms with Gasteiger partial charge in [-0.2, -0.15) is 5.26 Å². The summed E-state index contributed by atoms with van der Waals surface area (Å²) in [5, 5.41) is 8.42. The fourth-order valence-corrected chi connectivity index (χ4v) is 1.03. The first-order chi connectivity index (χ1) is 7.65. The summed E-state index contributed by atoms with van der Waals surface area (Å²) in [5.41, 5.74) is 0.998. The van der Waals surface area contributed by atoms with Gasteiger partial charge in [-0.05, 0) is 12.5 Å². The average molecular weight is 222 g/mol. The highest BCUT2D eigenvalue weighted by Gasteiger charge is 2.08. The summed E-state index contributed by atoms with van der Waals surface area (Å²) in [6, 6.07) is 2.02. The number of hydrogen-bond donors (Lipinski definition) is 0. The van der Waals surface area contributed by atoms with Crippen LogP contribution < -0.4 is 0 Å². The van der Waals surface area contributed by atoms with Gasteiger partial charge in [0, 0.05) is 20.0 Å². The highest BCUT2D eigenvalue weighted by atomic mass is 16.2. The van der Waals surface area contributed by atoms with Gasteiger partial charge in [0.1, 0.15) is 0 Å². The minimum atomic E-state index is -0.0125. The molecule has 0 radical (unpaired) electrons. The van der Waals surface area contributed by atoms with Crippen LogP contribution in [0.1, 0.15) is 34.1 Å². The van der Waals surface area contributed by atoms with Gasteiger partial charge in [-0.25, -0.2) is 0 Å². The van der Waals surface area contributed by atoms with Gasteiger partial charge in [-0.15, -0.1) is 0 Å². The molecule has 3 heteroatoms. The fourth-order valence-electron chi connectivity index (χ4n) is 1.03. The summed E-state index contributed by atoms with van der Waals surface area (Å²) in [4.78, 5) is 12.8. The molecular weight excluding hydrogens is 200 g/mol. The molecule has 16 heavy (non-hydrogen) atoms. The van der Waals surface area contributed by atoms with Crippen LogP contribution in [0.3, 0.4) is 0 Å². The van der Waals surface area contributed by atoms with E-state index in [0.29, 0.717) is 19.5 Å². The standard InChI is InChI=1S/C11H16N2O.C2H6/c1-4-11(5-2)9-13(10(3)14)8-6-7-12;1-2/h4-5H,1,6,8-9H2,2-3H3;1-2H3/b11-5+;. The lowest BCUT2D eigenvalue weighted by molar-refractivity contribution is -0.128. The Labute approximate surface area is 99.1 Å². The van der Waals surface area contributed by atoms with Gasteiger partial charge in [0.25, 0.3) is 0 Å². The largest absolute Gasteiger partial charge is 0.338 e. The third kappa shape index (κ3) is 7.81. The van der Waals surface area contributed by atoms with E-state index in [1.54, 1.807) is 11.0 Å². The zero-order valence-corrected chi connectivity index (χ0v) is 10.8. The lowest BCUT2D eigenvalue weighted by Crippen LogP contribution is -2.31. The molecular formula is C13H22N2O. The topological polar surface area (TPSA) is 44.1 Å². The first-order valence-electron chi connectivity index (χ1n) is 5.55. The third-order valence-corrected chi connectivity index (χ3v) is 1.95. The molecule has 0 saturated carbocycles. The molecule has 0 saturated heterocycles. The lowest BCUT2D eigenvalue weighted by Gasteiger charge is -2.20. The first kappa shape index (κ1) is 16.9. The molecule has 0 unspecified atom stereocenters. The van der Waals surface area contributed by atoms with Crippen LogP contribution in [0, 0.1) is 11.3 Å². The number of carbonyl (C=O) groups excluding carboxylic acids is 1. The van der Waals surface area contributed by atoms with E-state index in [4.69, 9.17) is 5.26 Å². The van der Waals surface area contributed by atoms with Crippen LogP contribution in [0.5, 0.6) is 0 Å². The van der Waals surface area contributed by atoms with Gasteiger partial charge >= 0.3 is 0 Å². The van der Waals surface area contributed by atoms with Crippen molar-refractivity contribution in [2.45, 2.75) is 34.1 Å². The normalized spacial score (nSPS) is 9.56. The molecule has 0 N–H and O–H groups in total. The molecule has 0 aromatic carbocycles. The van der Waals surface area contributed by atoms with Gasteiger partial charge in [-0.1, -0.05) is 32.6 Å². The Kier molecular flexibility index (Phi) is 12.1. The van der Waals surface area contributed by atoms with E-state index < -0.39 is 0 Å². The second-order valence-electron chi connectivity index (χ2n) is 2.92. The summed E-state index contributed by atoms with van der Waals surface area (Å²) >= 11 is 0. The predicted octanol–water partition coefficient (Wildman–Crippen LogP) is 2.91. The molecule has 0 aliphatic rings. The van der Waals surface area contributed by atoms with E-state index in [1.807, 2.05) is 32.9 Å². The SMILES string of the molecule is C=C/C(=C\C)CN(CCC#N)C(C)=O.CC. The molecule has 0 heterocycles. The van der Waals surface area contributed by atoms with Crippen LogP contribution in [-0.4, -0.2) is 23.9 Å². The fraction of sp³-hybridized carbons (Fsp3) is 0.538. The van der Waals surface area contributed by atoms with Crippen molar-refractivity contribution in [2.75, 3.05) is 13.1 Å². The number of nitrogens with zero attached hydrogens (tertiary/aromatic N) is 2. The van der Waals surface area contributed by atoms with Crippen molar-refractivity contribution in [2.24, 2.45) is 0 Å². The number of rotatable bonds is 5. The average Bonchev–Trinajstić information content (AvgIpc) is 2.32. The van der Waals surface area contributed by atoms with Crippen molar-refractivity contribution in [3.8, 4) is 6.07 Å². The number of carbonyl (C=O) groups is 1. The van der Waals surface area contributed by atoms with E-state index >= 15 is 0 Å². The Bertz CT molecular complexity index is 274. The predicted molar refractivity (Wildman–Crippen MR) is 67.8 cm³/mol. The maximum absolute atomic E-state index is 11.2. The zero-order valence-electron chi connectivity index (χ0n) is 10.8. The number of nitriles is 1. The maximum atomic E-state index is 11.2. The summed E-state index contributed by atoms with van der Waals surface area (Å²) < 4.78 is 0. The van der Waals surface area contributed by atoms with E-state index in [9.17, 15) is 4.79 Å². The van der Waals surface area contributed by atoms with Crippen LogP contribution in [0.25, 0.3) is 0 Å². The van der Waals surface area contributed by atoms with Gasteiger partial charge < -0.3 is 4.90 Å². The molecule has 90 valence electrons. The van der Waals surface area contributed by atoms with Gasteiger partial charge in [0.15, 0.2) is 0 Å². The van der Waals surface area contributed by atoms with Crippen molar-refractivity contribution in [3.63, 3.8) is 0 Å². The molecule has 0 rings (SSSR count). The minimum Gasteiger partial charge on any atom is -0.338 e. The summed E-state index contributed by atoms with van der Waals surface area (Å²) in [7, 11) is 0. The van der Waals surface area contributed by atoms with Crippen LogP contribution in [-0.2, 0) is 4.79 Å². The van der Waals surface area contributed by atoms with E-state index in [2.05, 4.69) is 6.58 Å². The number of hydrogen-bond acceptors (Lipinski definition) is 2. The highest BCUT2D eigenvalue weighted by molar-refractivity contribution is 5.73. The van der Waals surface area contributed by atoms with Crippen LogP contribution >= 0.6 is 0 Å². The maximum Gasteiger partial charge on any atom is 0.219 e. The summed E-state index contributed by atoms with van der Waals surface area (Å²) in [6.45, 7) is 12.1. The molecule has 0 aliphatic carbocycles. The molecule has 1 amide bonds. The molecule has 0 bridgehead atoms. The third-order valence-electron chi connectivity index (χ3n) is 1.95. The highest BCUT2D eigenvalue weighted by Crippen LogP contribution is 2.02. The molecule has 0 aromatic heterocycles. The van der Waals surface area contributed by atoms with E-state index in [-0.39, 0.29) is 5.91 Å². The summed E-state index contributed by atoms with van der Waals surface area (Å²) in [5.74, 6) is -0.0125. The molecule has 0 atom stereocenters. The smallest absolute Gasteiger partial charge is 0.219 e. The van der Waals surface area contributed by atoms with Crippen LogP contribution in [0.2, 0.25) is 0 Å². The molecule has 3 nitrogen and oxygen atoms in total. The van der Waals surface area contributed by atoms with Crippen molar-refractivity contribution < 1.29 is 4.79 Å². The monoisotopic (exact) mass is 222 g/mol. The second-order valence-corrected chi connectivity index (χ2v) is 2.92. The van der Waals surface area contributed by atoms with Crippen molar-refractivity contribution in [1.29, 1.82) is 5.26 Å². The molecule has 0 spiro atoms. The molecule has 0 fully saturated rings. The second kappa shape index (κ2) is 11.5. The van der Waals surface area contributed by atoms with Gasteiger partial charge in [0.2, 0.25) is 5.91 Å². The van der Waals surface area contributed by atoms with E-state index in [1.165, 1.54) is 6.92 Å². The Hall–Kier alpha value is -1.56. The Morgan fingerprint density at radius 1 is 1.50 bits per heavy atom. The van der Waals surface area contributed by atoms with Crippen molar-refractivity contribution >= 4 is 5.91 Å². The number of allylic oxidation sites excluding steroid dienone is 1. The Morgan fingerprint density at radius 3 is 2.38 bits per heavy atom. The number of amides is 1. The molecule has 0 aromatic rings. The zero-order chi connectivity index (χ0) is 13.0.